The van der Waals surface area contributed by atoms with Crippen LogP contribution in [0.1, 0.15) is 28.7 Å². The molecule has 0 unspecified atom stereocenters. The van der Waals surface area contributed by atoms with Gasteiger partial charge in [0, 0.05) is 55.0 Å². The van der Waals surface area contributed by atoms with Crippen LogP contribution < -0.4 is 4.72 Å². The highest BCUT2D eigenvalue weighted by atomic mass is 32.2. The first-order valence-electron chi connectivity index (χ1n) is 11.7. The molecule has 0 saturated carbocycles. The summed E-state index contributed by atoms with van der Waals surface area (Å²) in [5.41, 5.74) is 1.00. The predicted octanol–water partition coefficient (Wildman–Crippen LogP) is 4.71. The number of H-pyrrole nitrogens is 1. The summed E-state index contributed by atoms with van der Waals surface area (Å²) in [6, 6.07) is 10.7. The molecule has 10 nitrogen and oxygen atoms in total. The lowest BCUT2D eigenvalue weighted by molar-refractivity contribution is 0.103. The van der Waals surface area contributed by atoms with Crippen molar-refractivity contribution in [3.63, 3.8) is 0 Å². The molecular weight excluding hydrogens is 530 g/mol. The van der Waals surface area contributed by atoms with Gasteiger partial charge in [-0.15, -0.1) is 10.2 Å². The third-order valence-corrected chi connectivity index (χ3v) is 7.74. The number of nitrogens with one attached hydrogen (secondary N) is 2. The number of rotatable bonds is 8. The van der Waals surface area contributed by atoms with Crippen LogP contribution in [0.4, 0.5) is 14.5 Å². The molecule has 5 rings (SSSR count). The lowest BCUT2D eigenvalue weighted by Crippen LogP contribution is -2.32. The van der Waals surface area contributed by atoms with Crippen LogP contribution in [0.3, 0.4) is 0 Å². The van der Waals surface area contributed by atoms with Crippen LogP contribution in [0.5, 0.6) is 0 Å². The first kappa shape index (κ1) is 26.1. The Morgan fingerprint density at radius 3 is 2.46 bits per heavy atom. The standard InChI is InChI=1S/C26H22F2N6O4S/c1-4-34(3)39(36,37)33-21-10-9-20(27)22(23(21)28)24(35)19-13-30-25-18(19)11-17(12-29-25)15-5-7-16(8-6-15)26-32-31-14(2)38-26/h5-13,33H,4H2,1-3H3,(H,29,30). The average Bonchev–Trinajstić information content (AvgIpc) is 3.55. The van der Waals surface area contributed by atoms with Crippen molar-refractivity contribution >= 4 is 32.7 Å². The lowest BCUT2D eigenvalue weighted by atomic mass is 9.99. The SMILES string of the molecule is CCN(C)S(=O)(=O)Nc1ccc(F)c(C(=O)c2c[nH]c3ncc(-c4ccc(-c5nnc(C)o5)cc4)cc23)c1F. The zero-order chi connectivity index (χ0) is 27.9. The van der Waals surface area contributed by atoms with Gasteiger partial charge in [-0.05, 0) is 35.9 Å². The number of fused-ring (bicyclic) bond motifs is 1. The Morgan fingerprint density at radius 2 is 1.79 bits per heavy atom. The molecule has 0 aliphatic heterocycles. The van der Waals surface area contributed by atoms with E-state index in [9.17, 15) is 17.6 Å². The van der Waals surface area contributed by atoms with Crippen molar-refractivity contribution < 1.29 is 26.4 Å². The molecule has 5 aromatic rings. The van der Waals surface area contributed by atoms with Crippen LogP contribution in [0.25, 0.3) is 33.6 Å². The van der Waals surface area contributed by atoms with Crippen molar-refractivity contribution in [1.29, 1.82) is 0 Å². The summed E-state index contributed by atoms with van der Waals surface area (Å²) in [6.07, 6.45) is 2.91. The fraction of sp³-hybridized carbons (Fsp3) is 0.154. The maximum Gasteiger partial charge on any atom is 0.301 e. The van der Waals surface area contributed by atoms with E-state index in [1.807, 2.05) is 12.1 Å². The molecule has 0 spiro atoms. The third-order valence-electron chi connectivity index (χ3n) is 6.18. The van der Waals surface area contributed by atoms with E-state index in [4.69, 9.17) is 4.42 Å². The van der Waals surface area contributed by atoms with Crippen molar-refractivity contribution in [2.45, 2.75) is 13.8 Å². The Labute approximate surface area is 221 Å². The van der Waals surface area contributed by atoms with Crippen molar-refractivity contribution in [1.82, 2.24) is 24.5 Å². The van der Waals surface area contributed by atoms with Crippen LogP contribution >= 0.6 is 0 Å². The van der Waals surface area contributed by atoms with E-state index >= 15 is 4.39 Å². The van der Waals surface area contributed by atoms with E-state index in [0.29, 0.717) is 28.4 Å². The number of aromatic amines is 1. The second-order valence-corrected chi connectivity index (χ2v) is 10.4. The van der Waals surface area contributed by atoms with Gasteiger partial charge in [0.1, 0.15) is 11.5 Å². The largest absolute Gasteiger partial charge is 0.421 e. The number of aromatic nitrogens is 4. The molecule has 0 amide bonds. The van der Waals surface area contributed by atoms with Gasteiger partial charge in [-0.3, -0.25) is 9.52 Å². The summed E-state index contributed by atoms with van der Waals surface area (Å²) in [4.78, 5) is 20.6. The second kappa shape index (κ2) is 10.0. The molecular formula is C26H22F2N6O4S. The number of halogens is 2. The summed E-state index contributed by atoms with van der Waals surface area (Å²) in [7, 11) is -2.81. The van der Waals surface area contributed by atoms with E-state index < -0.39 is 38.9 Å². The second-order valence-electron chi connectivity index (χ2n) is 8.66. The Kier molecular flexibility index (Phi) is 6.70. The van der Waals surface area contributed by atoms with E-state index in [1.165, 1.54) is 13.2 Å². The summed E-state index contributed by atoms with van der Waals surface area (Å²) in [5.74, 6) is -2.60. The molecule has 0 aliphatic rings. The molecule has 3 heterocycles. The highest BCUT2D eigenvalue weighted by Gasteiger charge is 2.27. The van der Waals surface area contributed by atoms with Crippen LogP contribution in [0.2, 0.25) is 0 Å². The molecule has 0 atom stereocenters. The molecule has 0 bridgehead atoms. The first-order chi connectivity index (χ1) is 18.6. The van der Waals surface area contributed by atoms with Crippen LogP contribution in [0, 0.1) is 18.6 Å². The summed E-state index contributed by atoms with van der Waals surface area (Å²) >= 11 is 0. The zero-order valence-corrected chi connectivity index (χ0v) is 21.8. The van der Waals surface area contributed by atoms with Crippen molar-refractivity contribution in [2.75, 3.05) is 18.3 Å². The van der Waals surface area contributed by atoms with E-state index in [2.05, 4.69) is 24.9 Å². The third kappa shape index (κ3) is 4.89. The fourth-order valence-electron chi connectivity index (χ4n) is 3.93. The molecule has 0 saturated heterocycles. The smallest absolute Gasteiger partial charge is 0.301 e. The molecule has 13 heteroatoms. The number of pyridine rings is 1. The maximum absolute atomic E-state index is 15.3. The minimum absolute atomic E-state index is 0.0270. The van der Waals surface area contributed by atoms with E-state index in [-0.39, 0.29) is 12.1 Å². The summed E-state index contributed by atoms with van der Waals surface area (Å²) in [5, 5.41) is 8.15. The van der Waals surface area contributed by atoms with Crippen molar-refractivity contribution in [3.05, 3.63) is 83.5 Å². The van der Waals surface area contributed by atoms with Gasteiger partial charge in [0.25, 0.3) is 0 Å². The van der Waals surface area contributed by atoms with Crippen LogP contribution in [-0.2, 0) is 10.2 Å². The topological polar surface area (TPSA) is 134 Å². The van der Waals surface area contributed by atoms with Crippen LogP contribution in [-0.4, -0.2) is 52.3 Å². The average molecular weight is 553 g/mol. The number of hydrogen-bond acceptors (Lipinski definition) is 7. The molecule has 0 fully saturated rings. The molecule has 200 valence electrons. The maximum atomic E-state index is 15.3. The van der Waals surface area contributed by atoms with Gasteiger partial charge in [-0.25, -0.2) is 13.8 Å². The molecule has 2 N–H and O–H groups in total. The Bertz CT molecular complexity index is 1820. The number of anilines is 1. The zero-order valence-electron chi connectivity index (χ0n) is 21.0. The van der Waals surface area contributed by atoms with Gasteiger partial charge < -0.3 is 9.40 Å². The van der Waals surface area contributed by atoms with Gasteiger partial charge in [-0.2, -0.15) is 12.7 Å². The van der Waals surface area contributed by atoms with Gasteiger partial charge in [0.05, 0.1) is 11.3 Å². The predicted molar refractivity (Wildman–Crippen MR) is 140 cm³/mol. The number of hydrogen-bond donors (Lipinski definition) is 2. The molecule has 2 aromatic carbocycles. The van der Waals surface area contributed by atoms with Crippen LogP contribution in [0.15, 0.2) is 59.3 Å². The monoisotopic (exact) mass is 552 g/mol. The Balaban J connectivity index is 1.51. The summed E-state index contributed by atoms with van der Waals surface area (Å²) in [6.45, 7) is 3.41. The van der Waals surface area contributed by atoms with E-state index in [0.717, 1.165) is 27.6 Å². The Hall–Kier alpha value is -4.49. The number of ketones is 1. The number of benzene rings is 2. The van der Waals surface area contributed by atoms with Crippen molar-refractivity contribution in [2.24, 2.45) is 0 Å². The number of nitrogens with zero attached hydrogens (tertiary/aromatic N) is 4. The summed E-state index contributed by atoms with van der Waals surface area (Å²) < 4.78 is 63.3. The number of carbonyl (C=O) groups is 1. The van der Waals surface area contributed by atoms with Crippen molar-refractivity contribution in [3.8, 4) is 22.6 Å². The number of aryl methyl sites for hydroxylation is 1. The fourth-order valence-corrected chi connectivity index (χ4v) is 4.86. The Morgan fingerprint density at radius 1 is 1.08 bits per heavy atom. The molecule has 3 aromatic heterocycles. The van der Waals surface area contributed by atoms with Gasteiger partial charge >= 0.3 is 10.2 Å². The highest BCUT2D eigenvalue weighted by molar-refractivity contribution is 7.90. The number of carbonyl (C=O) groups excluding carboxylic acids is 1. The van der Waals surface area contributed by atoms with Gasteiger partial charge in [0.15, 0.2) is 5.82 Å². The lowest BCUT2D eigenvalue weighted by Gasteiger charge is -2.17. The molecule has 0 radical (unpaired) electrons. The quantitative estimate of drug-likeness (QED) is 0.266. The van der Waals surface area contributed by atoms with E-state index in [1.54, 1.807) is 38.2 Å². The first-order valence-corrected chi connectivity index (χ1v) is 13.2. The highest BCUT2D eigenvalue weighted by Crippen LogP contribution is 2.30. The molecule has 0 aliphatic carbocycles. The van der Waals surface area contributed by atoms with Gasteiger partial charge in [-0.1, -0.05) is 19.1 Å². The van der Waals surface area contributed by atoms with Gasteiger partial charge in [0.2, 0.25) is 17.6 Å². The minimum atomic E-state index is -4.11. The minimum Gasteiger partial charge on any atom is -0.421 e. The normalized spacial score (nSPS) is 11.8. The molecule has 39 heavy (non-hydrogen) atoms.